The smallest absolute Gasteiger partial charge is 0.243 e. The first kappa shape index (κ1) is 24.5. The Labute approximate surface area is 211 Å². The number of rotatable bonds is 6. The number of hydrogen-bond donors (Lipinski definition) is 1. The van der Waals surface area contributed by atoms with Crippen LogP contribution in [0.3, 0.4) is 0 Å². The lowest BCUT2D eigenvalue weighted by atomic mass is 9.97. The maximum atomic E-state index is 12.9. The number of anilines is 1. The molecule has 2 aromatic carbocycles. The van der Waals surface area contributed by atoms with Crippen molar-refractivity contribution >= 4 is 67.4 Å². The van der Waals surface area contributed by atoms with Crippen LogP contribution in [-0.2, 0) is 14.8 Å². The molecule has 1 fully saturated rings. The molecule has 1 amide bonds. The largest absolute Gasteiger partial charge is 0.302 e. The molecule has 0 spiro atoms. The van der Waals surface area contributed by atoms with E-state index in [-0.39, 0.29) is 16.7 Å². The Balaban J connectivity index is 1.36. The van der Waals surface area contributed by atoms with Crippen molar-refractivity contribution in [2.24, 2.45) is 5.92 Å². The van der Waals surface area contributed by atoms with Crippen LogP contribution in [0.5, 0.6) is 0 Å². The van der Waals surface area contributed by atoms with Gasteiger partial charge in [0.15, 0.2) is 5.13 Å². The highest BCUT2D eigenvalue weighted by Crippen LogP contribution is 2.33. The second-order valence-corrected chi connectivity index (χ2v) is 12.0. The van der Waals surface area contributed by atoms with E-state index in [9.17, 15) is 13.2 Å². The average Bonchev–Trinajstić information content (AvgIpc) is 3.27. The topological polar surface area (TPSA) is 79.4 Å². The van der Waals surface area contributed by atoms with E-state index in [1.165, 1.54) is 15.6 Å². The molecule has 2 heterocycles. The van der Waals surface area contributed by atoms with Crippen molar-refractivity contribution in [3.05, 3.63) is 57.9 Å². The third-order valence-corrected chi connectivity index (χ3v) is 9.43. The van der Waals surface area contributed by atoms with Gasteiger partial charge >= 0.3 is 0 Å². The highest BCUT2D eigenvalue weighted by molar-refractivity contribution is 7.98. The van der Waals surface area contributed by atoms with Crippen molar-refractivity contribution in [1.82, 2.24) is 9.29 Å². The Kier molecular flexibility index (Phi) is 7.67. The molecule has 0 atom stereocenters. The van der Waals surface area contributed by atoms with E-state index >= 15 is 0 Å². The second-order valence-electron chi connectivity index (χ2n) is 7.51. The molecule has 4 rings (SSSR count). The van der Waals surface area contributed by atoms with Crippen molar-refractivity contribution in [2.45, 2.75) is 22.6 Å². The van der Waals surface area contributed by atoms with Crippen LogP contribution in [0, 0.1) is 5.92 Å². The average molecular weight is 543 g/mol. The van der Waals surface area contributed by atoms with Crippen LogP contribution in [-0.4, -0.2) is 43.0 Å². The Morgan fingerprint density at radius 2 is 1.85 bits per heavy atom. The van der Waals surface area contributed by atoms with Gasteiger partial charge in [0.1, 0.15) is 0 Å². The number of sulfonamides is 1. The number of aromatic nitrogens is 1. The number of carbonyl (C=O) groups excluding carboxylic acids is 1. The lowest BCUT2D eigenvalue weighted by molar-refractivity contribution is -0.120. The first-order chi connectivity index (χ1) is 15.8. The van der Waals surface area contributed by atoms with Crippen molar-refractivity contribution in [1.29, 1.82) is 0 Å². The van der Waals surface area contributed by atoms with Gasteiger partial charge in [-0.3, -0.25) is 4.79 Å². The van der Waals surface area contributed by atoms with E-state index in [0.717, 1.165) is 10.5 Å². The van der Waals surface area contributed by atoms with E-state index in [1.54, 1.807) is 54.2 Å². The molecule has 0 aliphatic carbocycles. The van der Waals surface area contributed by atoms with Crippen LogP contribution in [0.15, 0.2) is 57.6 Å². The predicted octanol–water partition coefficient (Wildman–Crippen LogP) is 5.88. The molecule has 0 radical (unpaired) electrons. The highest BCUT2D eigenvalue weighted by atomic mass is 35.5. The van der Waals surface area contributed by atoms with Gasteiger partial charge in [-0.15, -0.1) is 23.1 Å². The summed E-state index contributed by atoms with van der Waals surface area (Å²) in [7, 11) is -3.57. The van der Waals surface area contributed by atoms with E-state index in [2.05, 4.69) is 10.3 Å². The lowest BCUT2D eigenvalue weighted by Crippen LogP contribution is -2.41. The molecule has 0 bridgehead atoms. The first-order valence-corrected chi connectivity index (χ1v) is 14.4. The Hall–Kier alpha value is -1.62. The Morgan fingerprint density at radius 3 is 2.48 bits per heavy atom. The number of thioether (sulfide) groups is 1. The second kappa shape index (κ2) is 10.3. The van der Waals surface area contributed by atoms with Crippen LogP contribution in [0.2, 0.25) is 10.0 Å². The molecule has 0 saturated carbocycles. The van der Waals surface area contributed by atoms with Gasteiger partial charge in [0, 0.05) is 39.9 Å². The predicted molar refractivity (Wildman–Crippen MR) is 136 cm³/mol. The van der Waals surface area contributed by atoms with E-state index < -0.39 is 10.0 Å². The molecule has 11 heteroatoms. The van der Waals surface area contributed by atoms with E-state index in [4.69, 9.17) is 23.2 Å². The molecule has 1 saturated heterocycles. The van der Waals surface area contributed by atoms with Gasteiger partial charge in [-0.2, -0.15) is 4.31 Å². The number of amides is 1. The molecule has 1 aromatic heterocycles. The van der Waals surface area contributed by atoms with E-state index in [0.29, 0.717) is 46.8 Å². The summed E-state index contributed by atoms with van der Waals surface area (Å²) >= 11 is 15.1. The fraction of sp³-hybridized carbons (Fsp3) is 0.273. The fourth-order valence-electron chi connectivity index (χ4n) is 3.61. The number of nitrogens with one attached hydrogen (secondary N) is 1. The third kappa shape index (κ3) is 5.55. The zero-order chi connectivity index (χ0) is 23.6. The van der Waals surface area contributed by atoms with Gasteiger partial charge in [-0.25, -0.2) is 13.4 Å². The number of thiazole rings is 1. The minimum Gasteiger partial charge on any atom is -0.302 e. The van der Waals surface area contributed by atoms with Crippen molar-refractivity contribution in [3.8, 4) is 11.3 Å². The zero-order valence-electron chi connectivity index (χ0n) is 17.6. The number of piperidine rings is 1. The van der Waals surface area contributed by atoms with Crippen LogP contribution < -0.4 is 5.32 Å². The minimum atomic E-state index is -3.57. The van der Waals surface area contributed by atoms with Gasteiger partial charge < -0.3 is 5.32 Å². The van der Waals surface area contributed by atoms with Crippen LogP contribution >= 0.6 is 46.3 Å². The highest BCUT2D eigenvalue weighted by Gasteiger charge is 2.32. The SMILES string of the molecule is CSc1ccc(S(=O)(=O)N2CCC(C(=O)Nc3nc(-c4ccc(Cl)cc4Cl)cs3)CC2)cc1. The van der Waals surface area contributed by atoms with Crippen molar-refractivity contribution in [3.63, 3.8) is 0 Å². The molecule has 3 aromatic rings. The maximum Gasteiger partial charge on any atom is 0.243 e. The summed E-state index contributed by atoms with van der Waals surface area (Å²) in [6.45, 7) is 0.600. The van der Waals surface area contributed by atoms with Crippen LogP contribution in [0.25, 0.3) is 11.3 Å². The normalized spacial score (nSPS) is 15.5. The third-order valence-electron chi connectivity index (χ3n) is 5.46. The minimum absolute atomic E-state index is 0.153. The molecular weight excluding hydrogens is 521 g/mol. The van der Waals surface area contributed by atoms with Gasteiger partial charge in [0.25, 0.3) is 0 Å². The van der Waals surface area contributed by atoms with Gasteiger partial charge in [0.2, 0.25) is 15.9 Å². The summed E-state index contributed by atoms with van der Waals surface area (Å²) in [5, 5.41) is 6.19. The standard InChI is InChI=1S/C22H21Cl2N3O3S3/c1-31-16-3-5-17(6-4-16)33(29,30)27-10-8-14(9-11-27)21(28)26-22-25-20(13-32-22)18-7-2-15(23)12-19(18)24/h2-7,12-14H,8-11H2,1H3,(H,25,26,28). The summed E-state index contributed by atoms with van der Waals surface area (Å²) in [5.41, 5.74) is 1.40. The van der Waals surface area contributed by atoms with Crippen LogP contribution in [0.1, 0.15) is 12.8 Å². The zero-order valence-corrected chi connectivity index (χ0v) is 21.6. The summed E-state index contributed by atoms with van der Waals surface area (Å²) in [5.74, 6) is -0.429. The quantitative estimate of drug-likeness (QED) is 0.394. The molecule has 0 unspecified atom stereocenters. The van der Waals surface area contributed by atoms with Gasteiger partial charge in [0.05, 0.1) is 15.6 Å². The molecule has 1 aliphatic rings. The van der Waals surface area contributed by atoms with Gasteiger partial charge in [-0.1, -0.05) is 23.2 Å². The van der Waals surface area contributed by atoms with Crippen LogP contribution in [0.4, 0.5) is 5.13 Å². The number of hydrogen-bond acceptors (Lipinski definition) is 6. The number of carbonyl (C=O) groups is 1. The maximum absolute atomic E-state index is 12.9. The fourth-order valence-corrected chi connectivity index (χ4v) is 6.71. The molecule has 1 aliphatic heterocycles. The molecule has 6 nitrogen and oxygen atoms in total. The van der Waals surface area contributed by atoms with E-state index in [1.807, 2.05) is 11.6 Å². The van der Waals surface area contributed by atoms with Crippen molar-refractivity contribution < 1.29 is 13.2 Å². The summed E-state index contributed by atoms with van der Waals surface area (Å²) in [6.07, 6.45) is 2.85. The number of benzene rings is 2. The number of halogens is 2. The Morgan fingerprint density at radius 1 is 1.15 bits per heavy atom. The molecule has 174 valence electrons. The molecule has 1 N–H and O–H groups in total. The first-order valence-electron chi connectivity index (χ1n) is 10.1. The molecular formula is C22H21Cl2N3O3S3. The molecule has 33 heavy (non-hydrogen) atoms. The van der Waals surface area contributed by atoms with Gasteiger partial charge in [-0.05, 0) is 61.6 Å². The van der Waals surface area contributed by atoms with Crippen molar-refractivity contribution in [2.75, 3.05) is 24.7 Å². The Bertz CT molecular complexity index is 1260. The lowest BCUT2D eigenvalue weighted by Gasteiger charge is -2.30. The monoisotopic (exact) mass is 541 g/mol. The summed E-state index contributed by atoms with van der Waals surface area (Å²) in [6, 6.07) is 12.0. The number of nitrogens with zero attached hydrogens (tertiary/aromatic N) is 2. The summed E-state index contributed by atoms with van der Waals surface area (Å²) < 4.78 is 27.3. The summed E-state index contributed by atoms with van der Waals surface area (Å²) in [4.78, 5) is 18.5.